The number of pyridine rings is 1. The molecule has 0 bridgehead atoms. The zero-order chi connectivity index (χ0) is 21.5. The van der Waals surface area contributed by atoms with E-state index >= 15 is 0 Å². The first-order valence-electron chi connectivity index (χ1n) is 10.4. The van der Waals surface area contributed by atoms with E-state index in [1.165, 1.54) is 18.2 Å². The Kier molecular flexibility index (Phi) is 5.32. The Morgan fingerprint density at radius 1 is 1.10 bits per heavy atom. The van der Waals surface area contributed by atoms with Crippen LogP contribution in [0.5, 0.6) is 0 Å². The van der Waals surface area contributed by atoms with Gasteiger partial charge in [0.25, 0.3) is 11.8 Å². The lowest BCUT2D eigenvalue weighted by Gasteiger charge is -2.30. The van der Waals surface area contributed by atoms with Crippen molar-refractivity contribution in [2.75, 3.05) is 11.9 Å². The summed E-state index contributed by atoms with van der Waals surface area (Å²) < 4.78 is 0. The number of fused-ring (bicyclic) bond motifs is 1. The summed E-state index contributed by atoms with van der Waals surface area (Å²) in [7, 11) is 1.74. The maximum atomic E-state index is 13.7. The first kappa shape index (κ1) is 20.3. The fourth-order valence-electron chi connectivity index (χ4n) is 4.43. The van der Waals surface area contributed by atoms with Crippen LogP contribution in [0.1, 0.15) is 37.7 Å². The molecule has 1 saturated carbocycles. The van der Waals surface area contributed by atoms with Crippen molar-refractivity contribution in [3.63, 3.8) is 0 Å². The predicted octanol–water partition coefficient (Wildman–Crippen LogP) is 5.02. The molecule has 6 nitrogen and oxygen atoms in total. The fraction of sp³-hybridized carbons (Fsp3) is 0.304. The van der Waals surface area contributed by atoms with Crippen LogP contribution in [0.4, 0.5) is 11.4 Å². The fourth-order valence-corrected chi connectivity index (χ4v) is 5.73. The molecule has 0 atom stereocenters. The van der Waals surface area contributed by atoms with Gasteiger partial charge in [0.05, 0.1) is 26.9 Å². The van der Waals surface area contributed by atoms with E-state index in [0.29, 0.717) is 26.4 Å². The SMILES string of the molecule is CN1C(=O)/C(=C2\SC(=Nc3ccncc3Cl)N(C3CCCCC3)C2=O)c2ccccc21. The molecule has 1 saturated heterocycles. The molecule has 5 rings (SSSR count). The summed E-state index contributed by atoms with van der Waals surface area (Å²) in [5, 5.41) is 1.00. The van der Waals surface area contributed by atoms with Gasteiger partial charge in [-0.2, -0.15) is 0 Å². The van der Waals surface area contributed by atoms with Gasteiger partial charge in [-0.15, -0.1) is 0 Å². The molecule has 158 valence electrons. The largest absolute Gasteiger partial charge is 0.311 e. The Bertz CT molecular complexity index is 1140. The number of amidine groups is 1. The third-order valence-electron chi connectivity index (χ3n) is 6.00. The predicted molar refractivity (Wildman–Crippen MR) is 124 cm³/mol. The van der Waals surface area contributed by atoms with Gasteiger partial charge in [-0.25, -0.2) is 4.99 Å². The normalized spacial score (nSPS) is 23.2. The Labute approximate surface area is 190 Å². The third-order valence-corrected chi connectivity index (χ3v) is 7.34. The lowest BCUT2D eigenvalue weighted by atomic mass is 9.94. The van der Waals surface area contributed by atoms with Crippen molar-refractivity contribution in [2.45, 2.75) is 38.1 Å². The number of benzene rings is 1. The average molecular weight is 453 g/mol. The molecule has 1 aliphatic carbocycles. The van der Waals surface area contributed by atoms with Gasteiger partial charge in [0.1, 0.15) is 0 Å². The number of carbonyl (C=O) groups excluding carboxylic acids is 2. The second kappa shape index (κ2) is 8.13. The molecule has 1 aromatic heterocycles. The number of anilines is 1. The summed E-state index contributed by atoms with van der Waals surface area (Å²) in [4.78, 5) is 39.4. The monoisotopic (exact) mass is 452 g/mol. The number of para-hydroxylation sites is 1. The van der Waals surface area contributed by atoms with Crippen molar-refractivity contribution in [1.82, 2.24) is 9.88 Å². The van der Waals surface area contributed by atoms with Crippen molar-refractivity contribution in [3.8, 4) is 0 Å². The average Bonchev–Trinajstić information content (AvgIpc) is 3.24. The lowest BCUT2D eigenvalue weighted by molar-refractivity contribution is -0.124. The Balaban J connectivity index is 1.64. The number of thioether (sulfide) groups is 1. The molecule has 1 aromatic carbocycles. The van der Waals surface area contributed by atoms with E-state index in [-0.39, 0.29) is 17.9 Å². The van der Waals surface area contributed by atoms with Crippen LogP contribution in [0.2, 0.25) is 5.02 Å². The van der Waals surface area contributed by atoms with Gasteiger partial charge >= 0.3 is 0 Å². The number of likely N-dealkylation sites (N-methyl/N-ethyl adjacent to an activating group) is 1. The van der Waals surface area contributed by atoms with Crippen LogP contribution in [0.15, 0.2) is 52.6 Å². The lowest BCUT2D eigenvalue weighted by Crippen LogP contribution is -2.40. The molecule has 3 aliphatic rings. The van der Waals surface area contributed by atoms with Crippen LogP contribution >= 0.6 is 23.4 Å². The van der Waals surface area contributed by atoms with Crippen molar-refractivity contribution in [3.05, 3.63) is 58.2 Å². The third kappa shape index (κ3) is 3.46. The van der Waals surface area contributed by atoms with Crippen LogP contribution in [0.25, 0.3) is 5.57 Å². The van der Waals surface area contributed by atoms with Crippen LogP contribution in [-0.2, 0) is 9.59 Å². The van der Waals surface area contributed by atoms with Gasteiger partial charge in [-0.05, 0) is 36.7 Å². The molecule has 0 radical (unpaired) electrons. The molecule has 0 spiro atoms. The molecule has 2 aliphatic heterocycles. The van der Waals surface area contributed by atoms with Crippen LogP contribution in [0.3, 0.4) is 0 Å². The van der Waals surface area contributed by atoms with Crippen LogP contribution < -0.4 is 4.90 Å². The molecule has 3 heterocycles. The summed E-state index contributed by atoms with van der Waals surface area (Å²) in [6, 6.07) is 9.39. The summed E-state index contributed by atoms with van der Waals surface area (Å²) in [6.45, 7) is 0. The van der Waals surface area contributed by atoms with E-state index in [9.17, 15) is 9.59 Å². The quantitative estimate of drug-likeness (QED) is 0.600. The summed E-state index contributed by atoms with van der Waals surface area (Å²) in [5.41, 5.74) is 2.63. The molecule has 31 heavy (non-hydrogen) atoms. The Morgan fingerprint density at radius 3 is 2.65 bits per heavy atom. The van der Waals surface area contributed by atoms with Gasteiger partial charge in [0, 0.05) is 31.0 Å². The number of rotatable bonds is 2. The van der Waals surface area contributed by atoms with E-state index in [2.05, 4.69) is 4.98 Å². The molecule has 2 amide bonds. The number of carbonyl (C=O) groups is 2. The molecule has 2 aromatic rings. The highest BCUT2D eigenvalue weighted by Crippen LogP contribution is 2.46. The standard InChI is InChI=1S/C23H21ClN4O2S/c1-27-18-10-6-5-9-15(18)19(21(27)29)20-22(30)28(14-7-3-2-4-8-14)23(31-20)26-17-11-12-25-13-16(17)24/h5-6,9-14H,2-4,7-8H2,1H3/b20-19-,26-23?. The zero-order valence-corrected chi connectivity index (χ0v) is 18.6. The van der Waals surface area contributed by atoms with Gasteiger partial charge in [0.2, 0.25) is 0 Å². The number of hydrogen-bond donors (Lipinski definition) is 0. The van der Waals surface area contributed by atoms with Gasteiger partial charge < -0.3 is 4.90 Å². The molecule has 2 fully saturated rings. The second-order valence-electron chi connectivity index (χ2n) is 7.88. The number of aromatic nitrogens is 1. The minimum absolute atomic E-state index is 0.0793. The smallest absolute Gasteiger partial charge is 0.267 e. The van der Waals surface area contributed by atoms with E-state index in [1.807, 2.05) is 24.3 Å². The van der Waals surface area contributed by atoms with Crippen LogP contribution in [-0.4, -0.2) is 40.0 Å². The number of aliphatic imine (C=N–C) groups is 1. The van der Waals surface area contributed by atoms with E-state index in [4.69, 9.17) is 16.6 Å². The van der Waals surface area contributed by atoms with Gasteiger partial charge in [-0.3, -0.25) is 19.5 Å². The Morgan fingerprint density at radius 2 is 1.87 bits per heavy atom. The minimum atomic E-state index is -0.163. The Hall–Kier alpha value is -2.64. The second-order valence-corrected chi connectivity index (χ2v) is 9.26. The van der Waals surface area contributed by atoms with Crippen LogP contribution in [0, 0.1) is 0 Å². The van der Waals surface area contributed by atoms with E-state index in [0.717, 1.165) is 36.9 Å². The summed E-state index contributed by atoms with van der Waals surface area (Å²) >= 11 is 7.56. The van der Waals surface area contributed by atoms with Crippen molar-refractivity contribution < 1.29 is 9.59 Å². The number of nitrogens with zero attached hydrogens (tertiary/aromatic N) is 4. The maximum Gasteiger partial charge on any atom is 0.267 e. The van der Waals surface area contributed by atoms with Crippen molar-refractivity contribution in [2.24, 2.45) is 4.99 Å². The summed E-state index contributed by atoms with van der Waals surface area (Å²) in [5.74, 6) is -0.307. The van der Waals surface area contributed by atoms with Crippen molar-refractivity contribution >= 4 is 57.3 Å². The minimum Gasteiger partial charge on any atom is -0.311 e. The highest BCUT2D eigenvalue weighted by molar-refractivity contribution is 8.18. The van der Waals surface area contributed by atoms with E-state index in [1.54, 1.807) is 35.3 Å². The topological polar surface area (TPSA) is 65.9 Å². The molecular formula is C23H21ClN4O2S. The molecule has 0 N–H and O–H groups in total. The molecular weight excluding hydrogens is 432 g/mol. The highest BCUT2D eigenvalue weighted by atomic mass is 35.5. The van der Waals surface area contributed by atoms with Gasteiger partial charge in [0.15, 0.2) is 5.17 Å². The zero-order valence-electron chi connectivity index (χ0n) is 17.0. The van der Waals surface area contributed by atoms with Gasteiger partial charge in [-0.1, -0.05) is 49.1 Å². The number of hydrogen-bond acceptors (Lipinski definition) is 5. The first-order chi connectivity index (χ1) is 15.1. The number of halogens is 1. The first-order valence-corrected chi connectivity index (χ1v) is 11.6. The van der Waals surface area contributed by atoms with E-state index < -0.39 is 0 Å². The highest BCUT2D eigenvalue weighted by Gasteiger charge is 2.44. The molecule has 0 unspecified atom stereocenters. The van der Waals surface area contributed by atoms with Crippen molar-refractivity contribution in [1.29, 1.82) is 0 Å². The summed E-state index contributed by atoms with van der Waals surface area (Å²) in [6.07, 6.45) is 8.38. The molecule has 8 heteroatoms. The number of amides is 2. The maximum absolute atomic E-state index is 13.7.